The van der Waals surface area contributed by atoms with Crippen LogP contribution >= 0.6 is 0 Å². The van der Waals surface area contributed by atoms with E-state index >= 15 is 0 Å². The number of aromatic nitrogens is 2. The topological polar surface area (TPSA) is 73.6 Å². The molecule has 0 spiro atoms. The number of aliphatic carboxylic acids is 1. The Hall–Kier alpha value is -2.80. The monoisotopic (exact) mass is 545 g/mol. The maximum atomic E-state index is 13.6. The van der Waals surface area contributed by atoms with Crippen molar-refractivity contribution in [2.45, 2.75) is 50.9 Å². The highest BCUT2D eigenvalue weighted by Gasteiger charge is 2.66. The SMILES string of the molecule is CCn1cc(CN2CC3C(C(=O)O)NC(C(C(F)(F)F)C(F)(F)F)C3C2)c(-c2ccccc2N2CCC2)n1. The Morgan fingerprint density at radius 1 is 1.11 bits per heavy atom. The first-order valence-corrected chi connectivity index (χ1v) is 12.6. The van der Waals surface area contributed by atoms with E-state index in [0.717, 1.165) is 36.3 Å². The maximum Gasteiger partial charge on any atom is 0.402 e. The average molecular weight is 546 g/mol. The van der Waals surface area contributed by atoms with Crippen LogP contribution in [0.3, 0.4) is 0 Å². The molecule has 4 unspecified atom stereocenters. The zero-order valence-electron chi connectivity index (χ0n) is 20.6. The highest BCUT2D eigenvalue weighted by molar-refractivity contribution is 5.78. The number of hydrogen-bond acceptors (Lipinski definition) is 5. The second-order valence-electron chi connectivity index (χ2n) is 10.3. The van der Waals surface area contributed by atoms with Crippen LogP contribution in [-0.4, -0.2) is 76.4 Å². The zero-order valence-corrected chi connectivity index (χ0v) is 20.6. The molecule has 38 heavy (non-hydrogen) atoms. The summed E-state index contributed by atoms with van der Waals surface area (Å²) < 4.78 is 83.2. The molecule has 0 aliphatic carbocycles. The van der Waals surface area contributed by atoms with E-state index in [4.69, 9.17) is 5.10 Å². The van der Waals surface area contributed by atoms with Crippen molar-refractivity contribution in [2.24, 2.45) is 17.8 Å². The number of carboxylic acids is 1. The number of fused-ring (bicyclic) bond motifs is 1. The fourth-order valence-corrected chi connectivity index (χ4v) is 6.16. The first-order valence-electron chi connectivity index (χ1n) is 12.6. The van der Waals surface area contributed by atoms with Crippen LogP contribution in [-0.2, 0) is 17.9 Å². The number of nitrogens with zero attached hydrogens (tertiary/aromatic N) is 4. The van der Waals surface area contributed by atoms with Gasteiger partial charge in [0.1, 0.15) is 6.04 Å². The van der Waals surface area contributed by atoms with E-state index in [9.17, 15) is 36.2 Å². The van der Waals surface area contributed by atoms with Gasteiger partial charge in [0.25, 0.3) is 0 Å². The van der Waals surface area contributed by atoms with Crippen LogP contribution in [0.15, 0.2) is 30.5 Å². The van der Waals surface area contributed by atoms with Crippen LogP contribution in [0.4, 0.5) is 32.0 Å². The summed E-state index contributed by atoms with van der Waals surface area (Å²) in [5.74, 6) is -7.10. The van der Waals surface area contributed by atoms with Gasteiger partial charge in [-0.3, -0.25) is 14.4 Å². The summed E-state index contributed by atoms with van der Waals surface area (Å²) in [4.78, 5) is 15.8. The van der Waals surface area contributed by atoms with E-state index in [-0.39, 0.29) is 19.6 Å². The number of para-hydroxylation sites is 1. The maximum absolute atomic E-state index is 13.6. The molecule has 3 fully saturated rings. The fraction of sp³-hybridized carbons (Fsp3) is 0.600. The molecular weight excluding hydrogens is 516 g/mol. The van der Waals surface area contributed by atoms with E-state index in [1.54, 1.807) is 9.58 Å². The summed E-state index contributed by atoms with van der Waals surface area (Å²) in [5.41, 5.74) is 3.43. The van der Waals surface area contributed by atoms with Gasteiger partial charge in [-0.1, -0.05) is 18.2 Å². The van der Waals surface area contributed by atoms with Crippen molar-refractivity contribution in [1.29, 1.82) is 0 Å². The molecule has 5 rings (SSSR count). The molecule has 1 aromatic carbocycles. The Balaban J connectivity index is 1.44. The van der Waals surface area contributed by atoms with Crippen molar-refractivity contribution in [3.8, 4) is 11.3 Å². The molecule has 0 radical (unpaired) electrons. The Labute approximate surface area is 215 Å². The third kappa shape index (κ3) is 4.86. The molecule has 3 aliphatic heterocycles. The number of rotatable bonds is 7. The van der Waals surface area contributed by atoms with Gasteiger partial charge in [-0.25, -0.2) is 0 Å². The number of likely N-dealkylation sites (tertiary alicyclic amines) is 1. The van der Waals surface area contributed by atoms with E-state index in [1.807, 2.05) is 37.4 Å². The number of halogens is 6. The van der Waals surface area contributed by atoms with Crippen molar-refractivity contribution < 1.29 is 36.2 Å². The molecule has 0 bridgehead atoms. The van der Waals surface area contributed by atoms with Crippen LogP contribution in [0.25, 0.3) is 11.3 Å². The highest BCUT2D eigenvalue weighted by Crippen LogP contribution is 2.49. The van der Waals surface area contributed by atoms with E-state index in [2.05, 4.69) is 10.2 Å². The molecule has 4 heterocycles. The molecule has 4 atom stereocenters. The number of nitrogens with one attached hydrogen (secondary N) is 1. The van der Waals surface area contributed by atoms with Gasteiger partial charge in [-0.2, -0.15) is 31.4 Å². The molecule has 2 N–H and O–H groups in total. The van der Waals surface area contributed by atoms with Crippen molar-refractivity contribution in [2.75, 3.05) is 31.1 Å². The Morgan fingerprint density at radius 2 is 1.76 bits per heavy atom. The van der Waals surface area contributed by atoms with Gasteiger partial charge in [0, 0.05) is 74.2 Å². The van der Waals surface area contributed by atoms with Crippen LogP contribution in [0.2, 0.25) is 0 Å². The third-order valence-electron chi connectivity index (χ3n) is 7.99. The van der Waals surface area contributed by atoms with Gasteiger partial charge in [0.15, 0.2) is 5.92 Å². The van der Waals surface area contributed by atoms with Crippen LogP contribution < -0.4 is 10.2 Å². The van der Waals surface area contributed by atoms with E-state index < -0.39 is 48.2 Å². The largest absolute Gasteiger partial charge is 0.480 e. The minimum Gasteiger partial charge on any atom is -0.480 e. The minimum atomic E-state index is -5.56. The van der Waals surface area contributed by atoms with Gasteiger partial charge in [0.2, 0.25) is 0 Å². The Kier molecular flexibility index (Phi) is 6.87. The predicted octanol–water partition coefficient (Wildman–Crippen LogP) is 3.99. The first kappa shape index (κ1) is 26.8. The standard InChI is InChI=1S/C25H29F6N5O2/c1-2-36-11-14(19(33-36)15-6-3-4-7-18(15)35-8-5-9-35)10-34-12-16-17(13-34)21(23(37)38)32-20(16)22(24(26,27)28)25(29,30)31/h3-4,6-7,11,16-17,20-22,32H,2,5,8-10,12-13H2,1H3,(H,37,38). The van der Waals surface area contributed by atoms with Crippen molar-refractivity contribution in [1.82, 2.24) is 20.0 Å². The molecule has 13 heteroatoms. The molecule has 0 amide bonds. The summed E-state index contributed by atoms with van der Waals surface area (Å²) in [6, 6.07) is 4.23. The average Bonchev–Trinajstić information content (AvgIpc) is 3.46. The number of carboxylic acid groups (broad SMARTS) is 1. The van der Waals surface area contributed by atoms with Crippen LogP contribution in [0.5, 0.6) is 0 Å². The second-order valence-corrected chi connectivity index (χ2v) is 10.3. The molecule has 7 nitrogen and oxygen atoms in total. The Bertz CT molecular complexity index is 1160. The lowest BCUT2D eigenvalue weighted by Gasteiger charge is -2.34. The zero-order chi connectivity index (χ0) is 27.4. The summed E-state index contributed by atoms with van der Waals surface area (Å²) in [6.07, 6.45) is -8.19. The third-order valence-corrected chi connectivity index (χ3v) is 7.99. The Morgan fingerprint density at radius 3 is 2.34 bits per heavy atom. The summed E-state index contributed by atoms with van der Waals surface area (Å²) >= 11 is 0. The molecule has 2 aromatic rings. The molecule has 3 aliphatic rings. The van der Waals surface area contributed by atoms with E-state index in [0.29, 0.717) is 12.2 Å². The molecular formula is C25H29F6N5O2. The molecule has 0 saturated carbocycles. The number of benzene rings is 1. The summed E-state index contributed by atoms with van der Waals surface area (Å²) in [6.45, 7) is 4.55. The highest BCUT2D eigenvalue weighted by atomic mass is 19.4. The van der Waals surface area contributed by atoms with Gasteiger partial charge < -0.3 is 15.3 Å². The summed E-state index contributed by atoms with van der Waals surface area (Å²) in [5, 5.41) is 16.5. The second kappa shape index (κ2) is 9.74. The smallest absolute Gasteiger partial charge is 0.402 e. The number of alkyl halides is 6. The predicted molar refractivity (Wildman–Crippen MR) is 126 cm³/mol. The van der Waals surface area contributed by atoms with Crippen molar-refractivity contribution in [3.05, 3.63) is 36.0 Å². The van der Waals surface area contributed by atoms with Crippen molar-refractivity contribution in [3.63, 3.8) is 0 Å². The van der Waals surface area contributed by atoms with Gasteiger partial charge in [-0.15, -0.1) is 0 Å². The van der Waals surface area contributed by atoms with E-state index in [1.165, 1.54) is 0 Å². The number of hydrogen-bond donors (Lipinski definition) is 2. The number of aryl methyl sites for hydroxylation is 1. The first-order chi connectivity index (χ1) is 17.9. The lowest BCUT2D eigenvalue weighted by atomic mass is 9.84. The minimum absolute atomic E-state index is 0.0675. The summed E-state index contributed by atoms with van der Waals surface area (Å²) in [7, 11) is 0. The normalized spacial score (nSPS) is 26.2. The lowest BCUT2D eigenvalue weighted by Crippen LogP contribution is -2.53. The number of anilines is 1. The lowest BCUT2D eigenvalue weighted by molar-refractivity contribution is -0.293. The van der Waals surface area contributed by atoms with Gasteiger partial charge in [-0.05, 0) is 25.3 Å². The van der Waals surface area contributed by atoms with Crippen LogP contribution in [0.1, 0.15) is 18.9 Å². The van der Waals surface area contributed by atoms with Crippen LogP contribution in [0, 0.1) is 17.8 Å². The molecule has 3 saturated heterocycles. The van der Waals surface area contributed by atoms with Gasteiger partial charge in [0.05, 0.1) is 5.69 Å². The molecule has 208 valence electrons. The van der Waals surface area contributed by atoms with Crippen molar-refractivity contribution >= 4 is 11.7 Å². The quantitative estimate of drug-likeness (QED) is 0.513. The fourth-order valence-electron chi connectivity index (χ4n) is 6.16. The van der Waals surface area contributed by atoms with Gasteiger partial charge >= 0.3 is 18.3 Å². The number of carbonyl (C=O) groups is 1. The molecule has 1 aromatic heterocycles.